The third kappa shape index (κ3) is 3.96. The van der Waals surface area contributed by atoms with Gasteiger partial charge in [0.1, 0.15) is 0 Å². The molecule has 0 atom stereocenters. The standard InChI is InChI=1S/C40H25N3S/c1-2-9-26(10-3-1)27-17-19-29(20-18-27)36-25-43-39(41-42-40(43)35-13-5-4-11-32(35)36)30-23-21-28(22-24-30)31-14-8-15-34-33-12-6-7-16-37(33)44-38(31)34/h1-25H. The maximum absolute atomic E-state index is 4.70. The molecular weight excluding hydrogens is 555 g/mol. The molecule has 3 aromatic heterocycles. The van der Waals surface area contributed by atoms with Crippen LogP contribution in [0.4, 0.5) is 0 Å². The van der Waals surface area contributed by atoms with Gasteiger partial charge in [-0.3, -0.25) is 4.40 Å². The van der Waals surface area contributed by atoms with Gasteiger partial charge >= 0.3 is 0 Å². The first-order valence-corrected chi connectivity index (χ1v) is 15.6. The van der Waals surface area contributed by atoms with Crippen LogP contribution in [0.2, 0.25) is 0 Å². The molecule has 206 valence electrons. The fourth-order valence-electron chi connectivity index (χ4n) is 6.38. The van der Waals surface area contributed by atoms with E-state index in [1.165, 1.54) is 42.4 Å². The van der Waals surface area contributed by atoms with Crippen molar-refractivity contribution in [2.24, 2.45) is 0 Å². The van der Waals surface area contributed by atoms with Gasteiger partial charge in [-0.05, 0) is 39.3 Å². The van der Waals surface area contributed by atoms with E-state index in [0.29, 0.717) is 0 Å². The predicted molar refractivity (Wildman–Crippen MR) is 185 cm³/mol. The summed E-state index contributed by atoms with van der Waals surface area (Å²) in [6, 6.07) is 51.8. The van der Waals surface area contributed by atoms with Gasteiger partial charge in [0, 0.05) is 42.9 Å². The van der Waals surface area contributed by atoms with Crippen LogP contribution in [0.3, 0.4) is 0 Å². The van der Waals surface area contributed by atoms with Crippen molar-refractivity contribution < 1.29 is 0 Å². The van der Waals surface area contributed by atoms with Crippen LogP contribution in [0.1, 0.15) is 0 Å². The van der Waals surface area contributed by atoms with Crippen molar-refractivity contribution in [3.8, 4) is 44.8 Å². The number of aromatic nitrogens is 3. The van der Waals surface area contributed by atoms with Gasteiger partial charge in [0.2, 0.25) is 0 Å². The first-order valence-electron chi connectivity index (χ1n) is 14.8. The quantitative estimate of drug-likeness (QED) is 0.208. The topological polar surface area (TPSA) is 30.2 Å². The minimum absolute atomic E-state index is 0.833. The average Bonchev–Trinajstić information content (AvgIpc) is 3.71. The molecule has 0 saturated carbocycles. The van der Waals surface area contributed by atoms with E-state index in [1.807, 2.05) is 11.3 Å². The second-order valence-electron chi connectivity index (χ2n) is 11.1. The molecule has 0 bridgehead atoms. The van der Waals surface area contributed by atoms with Crippen molar-refractivity contribution in [2.75, 3.05) is 0 Å². The fourth-order valence-corrected chi connectivity index (χ4v) is 7.62. The molecule has 0 radical (unpaired) electrons. The molecule has 0 unspecified atom stereocenters. The summed E-state index contributed by atoms with van der Waals surface area (Å²) in [6.45, 7) is 0. The highest BCUT2D eigenvalue weighted by molar-refractivity contribution is 7.26. The number of nitrogens with zero attached hydrogens (tertiary/aromatic N) is 3. The monoisotopic (exact) mass is 579 g/mol. The van der Waals surface area contributed by atoms with Crippen LogP contribution in [0.25, 0.3) is 81.4 Å². The van der Waals surface area contributed by atoms with Crippen molar-refractivity contribution in [2.45, 2.75) is 0 Å². The number of thiophene rings is 1. The highest BCUT2D eigenvalue weighted by Crippen LogP contribution is 2.40. The molecule has 9 aromatic rings. The molecule has 0 fully saturated rings. The van der Waals surface area contributed by atoms with E-state index in [9.17, 15) is 0 Å². The highest BCUT2D eigenvalue weighted by atomic mass is 32.1. The van der Waals surface area contributed by atoms with Crippen molar-refractivity contribution in [3.05, 3.63) is 152 Å². The number of benzene rings is 6. The van der Waals surface area contributed by atoms with Crippen molar-refractivity contribution in [3.63, 3.8) is 0 Å². The number of rotatable bonds is 4. The summed E-state index contributed by atoms with van der Waals surface area (Å²) in [4.78, 5) is 0. The molecule has 9 rings (SSSR count). The third-order valence-corrected chi connectivity index (χ3v) is 9.79. The van der Waals surface area contributed by atoms with E-state index in [2.05, 4.69) is 161 Å². The Kier molecular flexibility index (Phi) is 5.68. The maximum Gasteiger partial charge on any atom is 0.169 e. The SMILES string of the molecule is c1ccc(-c2ccc(-c3cn4c(-c5ccc(-c6cccc7c6sc6ccccc67)cc5)nnc4c4ccccc34)cc2)cc1. The molecular formula is C40H25N3S. The van der Waals surface area contributed by atoms with Gasteiger partial charge in [0.05, 0.1) is 0 Å². The van der Waals surface area contributed by atoms with Gasteiger partial charge in [-0.1, -0.05) is 140 Å². The Bertz CT molecular complexity index is 2470. The zero-order valence-electron chi connectivity index (χ0n) is 23.7. The average molecular weight is 580 g/mol. The van der Waals surface area contributed by atoms with Crippen LogP contribution in [-0.2, 0) is 0 Å². The Labute approximate surface area is 258 Å². The van der Waals surface area contributed by atoms with E-state index in [-0.39, 0.29) is 0 Å². The van der Waals surface area contributed by atoms with Crippen LogP contribution >= 0.6 is 11.3 Å². The number of hydrogen-bond acceptors (Lipinski definition) is 3. The lowest BCUT2D eigenvalue weighted by Crippen LogP contribution is -1.94. The number of fused-ring (bicyclic) bond motifs is 6. The molecule has 0 spiro atoms. The largest absolute Gasteiger partial charge is 0.281 e. The van der Waals surface area contributed by atoms with Crippen LogP contribution in [0.5, 0.6) is 0 Å². The summed E-state index contributed by atoms with van der Waals surface area (Å²) < 4.78 is 4.79. The Morgan fingerprint density at radius 3 is 1.80 bits per heavy atom. The van der Waals surface area contributed by atoms with Crippen LogP contribution in [-0.4, -0.2) is 14.6 Å². The molecule has 4 heteroatoms. The molecule has 0 amide bonds. The maximum atomic E-state index is 4.70. The van der Waals surface area contributed by atoms with E-state index in [0.717, 1.165) is 38.9 Å². The highest BCUT2D eigenvalue weighted by Gasteiger charge is 2.16. The summed E-state index contributed by atoms with van der Waals surface area (Å²) in [5.41, 5.74) is 9.09. The summed E-state index contributed by atoms with van der Waals surface area (Å²) in [6.07, 6.45) is 2.19. The van der Waals surface area contributed by atoms with E-state index < -0.39 is 0 Å². The molecule has 44 heavy (non-hydrogen) atoms. The Morgan fingerprint density at radius 1 is 0.409 bits per heavy atom. The molecule has 0 aliphatic rings. The third-order valence-electron chi connectivity index (χ3n) is 8.57. The second-order valence-corrected chi connectivity index (χ2v) is 12.2. The molecule has 0 aliphatic carbocycles. The smallest absolute Gasteiger partial charge is 0.169 e. The summed E-state index contributed by atoms with van der Waals surface area (Å²) >= 11 is 1.86. The minimum Gasteiger partial charge on any atom is -0.281 e. The van der Waals surface area contributed by atoms with Gasteiger partial charge in [-0.2, -0.15) is 0 Å². The molecule has 6 aromatic carbocycles. The summed E-state index contributed by atoms with van der Waals surface area (Å²) in [5.74, 6) is 0.833. The molecule has 0 aliphatic heterocycles. The van der Waals surface area contributed by atoms with Gasteiger partial charge < -0.3 is 0 Å². The van der Waals surface area contributed by atoms with Crippen molar-refractivity contribution >= 4 is 47.9 Å². The minimum atomic E-state index is 0.833. The lowest BCUT2D eigenvalue weighted by molar-refractivity contribution is 1.11. The first kappa shape index (κ1) is 25.0. The van der Waals surface area contributed by atoms with Crippen LogP contribution in [0.15, 0.2) is 152 Å². The van der Waals surface area contributed by atoms with Gasteiger partial charge in [-0.15, -0.1) is 21.5 Å². The molecule has 3 nitrogen and oxygen atoms in total. The Hall–Kier alpha value is -5.58. The van der Waals surface area contributed by atoms with Crippen LogP contribution < -0.4 is 0 Å². The zero-order chi connectivity index (χ0) is 29.0. The number of hydrogen-bond donors (Lipinski definition) is 0. The normalized spacial score (nSPS) is 11.6. The molecule has 0 saturated heterocycles. The lowest BCUT2D eigenvalue weighted by atomic mass is 9.97. The summed E-state index contributed by atoms with van der Waals surface area (Å²) in [7, 11) is 0. The second kappa shape index (κ2) is 10.0. The van der Waals surface area contributed by atoms with E-state index >= 15 is 0 Å². The van der Waals surface area contributed by atoms with Crippen molar-refractivity contribution in [1.29, 1.82) is 0 Å². The Balaban J connectivity index is 1.15. The van der Waals surface area contributed by atoms with E-state index in [1.54, 1.807) is 0 Å². The first-order chi connectivity index (χ1) is 21.8. The fraction of sp³-hybridized carbons (Fsp3) is 0. The zero-order valence-corrected chi connectivity index (χ0v) is 24.5. The van der Waals surface area contributed by atoms with Crippen LogP contribution in [0, 0.1) is 0 Å². The van der Waals surface area contributed by atoms with Gasteiger partial charge in [0.15, 0.2) is 11.5 Å². The van der Waals surface area contributed by atoms with E-state index in [4.69, 9.17) is 5.10 Å². The summed E-state index contributed by atoms with van der Waals surface area (Å²) in [5, 5.41) is 14.3. The lowest BCUT2D eigenvalue weighted by Gasteiger charge is -2.11. The molecule has 3 heterocycles. The number of pyridine rings is 1. The van der Waals surface area contributed by atoms with Crippen molar-refractivity contribution in [1.82, 2.24) is 14.6 Å². The predicted octanol–water partition coefficient (Wildman–Crippen LogP) is 10.9. The van der Waals surface area contributed by atoms with Gasteiger partial charge in [0.25, 0.3) is 0 Å². The van der Waals surface area contributed by atoms with Gasteiger partial charge in [-0.25, -0.2) is 0 Å². The molecule has 0 N–H and O–H groups in total. The Morgan fingerprint density at radius 2 is 1.00 bits per heavy atom.